The molecule has 1 heterocycles. The molecule has 1 aliphatic heterocycles. The summed E-state index contributed by atoms with van der Waals surface area (Å²) in [4.78, 5) is 13.7. The van der Waals surface area contributed by atoms with Crippen molar-refractivity contribution in [3.05, 3.63) is 65.2 Å². The fourth-order valence-electron chi connectivity index (χ4n) is 2.79. The summed E-state index contributed by atoms with van der Waals surface area (Å²) in [6, 6.07) is 14.9. The smallest absolute Gasteiger partial charge is 0.251 e. The van der Waals surface area contributed by atoms with Crippen molar-refractivity contribution in [1.82, 2.24) is 5.32 Å². The predicted molar refractivity (Wildman–Crippen MR) is 97.0 cm³/mol. The molecule has 2 aromatic rings. The van der Waals surface area contributed by atoms with Crippen LogP contribution < -0.4 is 5.32 Å². The topological polar surface area (TPSA) is 63.2 Å². The van der Waals surface area contributed by atoms with Crippen molar-refractivity contribution in [1.29, 1.82) is 0 Å². The Morgan fingerprint density at radius 2 is 1.88 bits per heavy atom. The van der Waals surface area contributed by atoms with E-state index in [9.17, 15) is 13.2 Å². The monoisotopic (exact) mass is 361 g/mol. The van der Waals surface area contributed by atoms with E-state index in [-0.39, 0.29) is 17.7 Å². The molecule has 0 bridgehead atoms. The standard InChI is InChI=1S/C18H19NO3S2/c1-24(21,22)12-13-6-8-14(9-7-13)18(20)19-16-10-11-23-17-5-3-2-4-15(16)17/h2-9,16H,10-12H2,1H3,(H,19,20)/t16-/m1/s1. The maximum atomic E-state index is 12.5. The van der Waals surface area contributed by atoms with Gasteiger partial charge >= 0.3 is 0 Å². The molecular weight excluding hydrogens is 342 g/mol. The number of hydrogen-bond donors (Lipinski definition) is 1. The van der Waals surface area contributed by atoms with Gasteiger partial charge in [-0.1, -0.05) is 30.3 Å². The highest BCUT2D eigenvalue weighted by molar-refractivity contribution is 7.99. The van der Waals surface area contributed by atoms with Gasteiger partial charge in [0.25, 0.3) is 5.91 Å². The molecule has 1 N–H and O–H groups in total. The lowest BCUT2D eigenvalue weighted by Crippen LogP contribution is -2.30. The first-order chi connectivity index (χ1) is 11.4. The van der Waals surface area contributed by atoms with Crippen molar-refractivity contribution in [3.8, 4) is 0 Å². The Bertz CT molecular complexity index is 845. The second kappa shape index (κ2) is 6.99. The van der Waals surface area contributed by atoms with Gasteiger partial charge in [0.05, 0.1) is 11.8 Å². The molecule has 0 saturated heterocycles. The van der Waals surface area contributed by atoms with Gasteiger partial charge in [-0.2, -0.15) is 0 Å². The summed E-state index contributed by atoms with van der Waals surface area (Å²) in [5.74, 6) is 0.838. The van der Waals surface area contributed by atoms with Crippen LogP contribution in [0.1, 0.15) is 33.9 Å². The van der Waals surface area contributed by atoms with Crippen molar-refractivity contribution in [2.45, 2.75) is 23.1 Å². The molecule has 0 radical (unpaired) electrons. The van der Waals surface area contributed by atoms with Crippen LogP contribution in [0.2, 0.25) is 0 Å². The number of benzene rings is 2. The van der Waals surface area contributed by atoms with E-state index in [2.05, 4.69) is 17.4 Å². The minimum absolute atomic E-state index is 0.0118. The average molecular weight is 361 g/mol. The Balaban J connectivity index is 1.72. The van der Waals surface area contributed by atoms with E-state index < -0.39 is 9.84 Å². The van der Waals surface area contributed by atoms with Gasteiger partial charge < -0.3 is 5.32 Å². The van der Waals surface area contributed by atoms with Gasteiger partial charge in [-0.15, -0.1) is 11.8 Å². The number of nitrogens with one attached hydrogen (secondary N) is 1. The number of carbonyl (C=O) groups is 1. The molecule has 3 rings (SSSR count). The van der Waals surface area contributed by atoms with E-state index >= 15 is 0 Å². The van der Waals surface area contributed by atoms with Gasteiger partial charge in [-0.05, 0) is 35.7 Å². The Labute approximate surface area is 146 Å². The maximum absolute atomic E-state index is 12.5. The van der Waals surface area contributed by atoms with Crippen LogP contribution in [0.5, 0.6) is 0 Å². The van der Waals surface area contributed by atoms with E-state index in [0.717, 1.165) is 17.7 Å². The molecule has 0 aliphatic carbocycles. The molecule has 1 atom stereocenters. The van der Waals surface area contributed by atoms with Crippen LogP contribution in [-0.2, 0) is 15.6 Å². The molecule has 126 valence electrons. The maximum Gasteiger partial charge on any atom is 0.251 e. The Morgan fingerprint density at radius 3 is 2.58 bits per heavy atom. The van der Waals surface area contributed by atoms with Crippen LogP contribution in [0.15, 0.2) is 53.4 Å². The zero-order chi connectivity index (χ0) is 17.2. The Kier molecular flexibility index (Phi) is 4.96. The normalized spacial score (nSPS) is 17.1. The van der Waals surface area contributed by atoms with Crippen molar-refractivity contribution in [2.75, 3.05) is 12.0 Å². The second-order valence-electron chi connectivity index (χ2n) is 5.97. The van der Waals surface area contributed by atoms with Gasteiger partial charge in [-0.25, -0.2) is 8.42 Å². The van der Waals surface area contributed by atoms with Gasteiger partial charge in [0, 0.05) is 22.5 Å². The molecule has 2 aromatic carbocycles. The fraction of sp³-hybridized carbons (Fsp3) is 0.278. The quantitative estimate of drug-likeness (QED) is 0.908. The number of amides is 1. The zero-order valence-electron chi connectivity index (χ0n) is 13.4. The first-order valence-electron chi connectivity index (χ1n) is 7.72. The van der Waals surface area contributed by atoms with Gasteiger partial charge in [0.1, 0.15) is 0 Å². The first-order valence-corrected chi connectivity index (χ1v) is 10.8. The van der Waals surface area contributed by atoms with Crippen molar-refractivity contribution < 1.29 is 13.2 Å². The van der Waals surface area contributed by atoms with E-state index in [1.807, 2.05) is 23.9 Å². The highest BCUT2D eigenvalue weighted by Gasteiger charge is 2.22. The van der Waals surface area contributed by atoms with Crippen LogP contribution in [0.4, 0.5) is 0 Å². The molecule has 0 unspecified atom stereocenters. The Morgan fingerprint density at radius 1 is 1.17 bits per heavy atom. The SMILES string of the molecule is CS(=O)(=O)Cc1ccc(C(=O)N[C@@H]2CCSc3ccccc32)cc1. The minimum Gasteiger partial charge on any atom is -0.345 e. The summed E-state index contributed by atoms with van der Waals surface area (Å²) < 4.78 is 22.6. The lowest BCUT2D eigenvalue weighted by Gasteiger charge is -2.25. The van der Waals surface area contributed by atoms with E-state index in [1.54, 1.807) is 24.3 Å². The molecule has 1 aliphatic rings. The summed E-state index contributed by atoms with van der Waals surface area (Å²) in [6.07, 6.45) is 2.10. The number of carbonyl (C=O) groups excluding carboxylic acids is 1. The number of thioether (sulfide) groups is 1. The van der Waals surface area contributed by atoms with Crippen LogP contribution in [0.25, 0.3) is 0 Å². The summed E-state index contributed by atoms with van der Waals surface area (Å²) >= 11 is 1.81. The Hall–Kier alpha value is -1.79. The van der Waals surface area contributed by atoms with Crippen LogP contribution in [-0.4, -0.2) is 26.3 Å². The predicted octanol–water partition coefficient (Wildman–Crippen LogP) is 3.20. The number of fused-ring (bicyclic) bond motifs is 1. The minimum atomic E-state index is -3.07. The van der Waals surface area contributed by atoms with Gasteiger partial charge in [-0.3, -0.25) is 4.79 Å². The third-order valence-electron chi connectivity index (χ3n) is 3.91. The van der Waals surface area contributed by atoms with Crippen molar-refractivity contribution >= 4 is 27.5 Å². The molecule has 1 amide bonds. The molecule has 0 aromatic heterocycles. The van der Waals surface area contributed by atoms with Crippen LogP contribution in [0.3, 0.4) is 0 Å². The molecule has 4 nitrogen and oxygen atoms in total. The average Bonchev–Trinajstić information content (AvgIpc) is 2.54. The van der Waals surface area contributed by atoms with Crippen LogP contribution in [0, 0.1) is 0 Å². The summed E-state index contributed by atoms with van der Waals surface area (Å²) in [5, 5.41) is 3.09. The summed E-state index contributed by atoms with van der Waals surface area (Å²) in [7, 11) is -3.07. The van der Waals surface area contributed by atoms with E-state index in [1.165, 1.54) is 11.2 Å². The summed E-state index contributed by atoms with van der Waals surface area (Å²) in [5.41, 5.74) is 2.40. The summed E-state index contributed by atoms with van der Waals surface area (Å²) in [6.45, 7) is 0. The van der Waals surface area contributed by atoms with E-state index in [4.69, 9.17) is 0 Å². The lowest BCUT2D eigenvalue weighted by atomic mass is 10.0. The molecule has 0 saturated carbocycles. The number of sulfone groups is 1. The van der Waals surface area contributed by atoms with Crippen molar-refractivity contribution in [3.63, 3.8) is 0 Å². The molecule has 0 fully saturated rings. The highest BCUT2D eigenvalue weighted by Crippen LogP contribution is 2.35. The number of rotatable bonds is 4. The first kappa shape index (κ1) is 17.0. The third-order valence-corrected chi connectivity index (χ3v) is 5.89. The third kappa shape index (κ3) is 4.19. The van der Waals surface area contributed by atoms with Crippen LogP contribution >= 0.6 is 11.8 Å². The number of hydrogen-bond acceptors (Lipinski definition) is 4. The zero-order valence-corrected chi connectivity index (χ0v) is 15.0. The van der Waals surface area contributed by atoms with Crippen molar-refractivity contribution in [2.24, 2.45) is 0 Å². The molecular formula is C18H19NO3S2. The fourth-order valence-corrected chi connectivity index (χ4v) is 4.71. The van der Waals surface area contributed by atoms with E-state index in [0.29, 0.717) is 11.1 Å². The highest BCUT2D eigenvalue weighted by atomic mass is 32.2. The second-order valence-corrected chi connectivity index (χ2v) is 9.24. The lowest BCUT2D eigenvalue weighted by molar-refractivity contribution is 0.0935. The molecule has 0 spiro atoms. The molecule has 24 heavy (non-hydrogen) atoms. The van der Waals surface area contributed by atoms with Gasteiger partial charge in [0.15, 0.2) is 9.84 Å². The largest absolute Gasteiger partial charge is 0.345 e. The molecule has 6 heteroatoms. The van der Waals surface area contributed by atoms with Gasteiger partial charge in [0.2, 0.25) is 0 Å².